The first-order valence-electron chi connectivity index (χ1n) is 7.45. The van der Waals surface area contributed by atoms with Crippen molar-refractivity contribution in [3.8, 4) is 11.3 Å². The highest BCUT2D eigenvalue weighted by Crippen LogP contribution is 2.26. The first-order valence-corrected chi connectivity index (χ1v) is 7.82. The number of rotatable bonds is 4. The highest BCUT2D eigenvalue weighted by atomic mass is 35.5. The Morgan fingerprint density at radius 2 is 2.05 bits per heavy atom. The van der Waals surface area contributed by atoms with Gasteiger partial charge in [-0.2, -0.15) is 0 Å². The molecule has 0 N–H and O–H groups in total. The summed E-state index contributed by atoms with van der Waals surface area (Å²) in [5.41, 5.74) is 1.62. The molecule has 0 saturated carbocycles. The van der Waals surface area contributed by atoms with Crippen molar-refractivity contribution in [1.29, 1.82) is 0 Å². The van der Waals surface area contributed by atoms with Crippen LogP contribution in [0.15, 0.2) is 30.9 Å². The van der Waals surface area contributed by atoms with E-state index < -0.39 is 0 Å². The minimum absolute atomic E-state index is 0.584. The molecule has 2 aromatic heterocycles. The van der Waals surface area contributed by atoms with E-state index in [-0.39, 0.29) is 0 Å². The Balaban J connectivity index is 1.77. The molecular weight excluding hydrogens is 300 g/mol. The second-order valence-electron chi connectivity index (χ2n) is 5.55. The molecule has 1 aliphatic rings. The summed E-state index contributed by atoms with van der Waals surface area (Å²) in [7, 11) is 2.05. The lowest BCUT2D eigenvalue weighted by atomic mass is 10.00. The maximum atomic E-state index is 6.19. The molecule has 0 bridgehead atoms. The topological polar surface area (TPSA) is 51.1 Å². The lowest BCUT2D eigenvalue weighted by molar-refractivity contribution is 0.0685. The quantitative estimate of drug-likeness (QED) is 0.867. The molecule has 0 aliphatic carbocycles. The van der Waals surface area contributed by atoms with Crippen molar-refractivity contribution in [3.63, 3.8) is 0 Å². The zero-order valence-corrected chi connectivity index (χ0v) is 13.3. The average molecular weight is 319 g/mol. The zero-order chi connectivity index (χ0) is 15.4. The molecule has 22 heavy (non-hydrogen) atoms. The van der Waals surface area contributed by atoms with Gasteiger partial charge in [0, 0.05) is 44.8 Å². The Kier molecular flexibility index (Phi) is 4.85. The van der Waals surface area contributed by atoms with Gasteiger partial charge in [-0.25, -0.2) is 4.98 Å². The van der Waals surface area contributed by atoms with Gasteiger partial charge in [-0.1, -0.05) is 11.6 Å². The summed E-state index contributed by atoms with van der Waals surface area (Å²) in [5.74, 6) is 1.51. The standard InChI is InChI=1S/C16H19ClN4O/c1-21(11-12-3-6-22-7-4-12)16-10-19-9-15(20-16)13-2-5-18-8-14(13)17/h2,5,8-10,12H,3-4,6-7,11H2,1H3. The molecule has 3 rings (SSSR count). The number of halogens is 1. The van der Waals surface area contributed by atoms with Crippen molar-refractivity contribution in [2.75, 3.05) is 31.7 Å². The van der Waals surface area contributed by atoms with E-state index in [1.54, 1.807) is 24.8 Å². The van der Waals surface area contributed by atoms with Gasteiger partial charge in [-0.3, -0.25) is 9.97 Å². The van der Waals surface area contributed by atoms with Crippen molar-refractivity contribution < 1.29 is 4.74 Å². The van der Waals surface area contributed by atoms with E-state index in [1.807, 2.05) is 6.07 Å². The maximum Gasteiger partial charge on any atom is 0.147 e. The minimum atomic E-state index is 0.584. The number of aromatic nitrogens is 3. The Morgan fingerprint density at radius 1 is 1.23 bits per heavy atom. The van der Waals surface area contributed by atoms with Crippen LogP contribution in [0.3, 0.4) is 0 Å². The summed E-state index contributed by atoms with van der Waals surface area (Å²) in [4.78, 5) is 15.2. The van der Waals surface area contributed by atoms with Crippen LogP contribution in [-0.2, 0) is 4.74 Å². The highest BCUT2D eigenvalue weighted by molar-refractivity contribution is 6.33. The minimum Gasteiger partial charge on any atom is -0.381 e. The van der Waals surface area contributed by atoms with Crippen LogP contribution in [0, 0.1) is 5.92 Å². The van der Waals surface area contributed by atoms with Gasteiger partial charge in [0.2, 0.25) is 0 Å². The second kappa shape index (κ2) is 7.03. The molecule has 0 amide bonds. The molecule has 0 aromatic carbocycles. The fourth-order valence-electron chi connectivity index (χ4n) is 2.66. The van der Waals surface area contributed by atoms with Crippen LogP contribution in [-0.4, -0.2) is 41.8 Å². The van der Waals surface area contributed by atoms with Gasteiger partial charge in [0.1, 0.15) is 5.82 Å². The number of hydrogen-bond donors (Lipinski definition) is 0. The summed E-state index contributed by atoms with van der Waals surface area (Å²) in [5, 5.41) is 0.584. The summed E-state index contributed by atoms with van der Waals surface area (Å²) in [6, 6.07) is 1.86. The number of ether oxygens (including phenoxy) is 1. The third-order valence-electron chi connectivity index (χ3n) is 3.93. The maximum absolute atomic E-state index is 6.19. The van der Waals surface area contributed by atoms with Crippen LogP contribution in [0.2, 0.25) is 5.02 Å². The number of hydrogen-bond acceptors (Lipinski definition) is 5. The molecule has 116 valence electrons. The molecule has 0 radical (unpaired) electrons. The van der Waals surface area contributed by atoms with Crippen molar-refractivity contribution in [2.45, 2.75) is 12.8 Å². The predicted octanol–water partition coefficient (Wildman–Crippen LogP) is 3.05. The molecule has 1 aliphatic heterocycles. The van der Waals surface area contributed by atoms with Crippen molar-refractivity contribution >= 4 is 17.4 Å². The molecule has 5 nitrogen and oxygen atoms in total. The Morgan fingerprint density at radius 3 is 2.82 bits per heavy atom. The lowest BCUT2D eigenvalue weighted by Crippen LogP contribution is -2.30. The molecule has 1 saturated heterocycles. The van der Waals surface area contributed by atoms with Gasteiger partial charge in [0.05, 0.1) is 23.1 Å². The molecule has 2 aromatic rings. The van der Waals surface area contributed by atoms with Crippen LogP contribution < -0.4 is 4.90 Å². The fraction of sp³-hybridized carbons (Fsp3) is 0.438. The molecule has 1 fully saturated rings. The van der Waals surface area contributed by atoms with E-state index in [2.05, 4.69) is 26.9 Å². The molecule has 3 heterocycles. The summed E-state index contributed by atoms with van der Waals surface area (Å²) in [6.45, 7) is 2.68. The van der Waals surface area contributed by atoms with Gasteiger partial charge < -0.3 is 9.64 Å². The van der Waals surface area contributed by atoms with Crippen LogP contribution >= 0.6 is 11.6 Å². The second-order valence-corrected chi connectivity index (χ2v) is 5.96. The van der Waals surface area contributed by atoms with Gasteiger partial charge in [0.25, 0.3) is 0 Å². The van der Waals surface area contributed by atoms with Gasteiger partial charge >= 0.3 is 0 Å². The van der Waals surface area contributed by atoms with E-state index in [0.29, 0.717) is 10.9 Å². The van der Waals surface area contributed by atoms with E-state index in [9.17, 15) is 0 Å². The molecule has 0 atom stereocenters. The van der Waals surface area contributed by atoms with Crippen LogP contribution in [0.5, 0.6) is 0 Å². The summed E-state index contributed by atoms with van der Waals surface area (Å²) < 4.78 is 5.41. The number of nitrogens with zero attached hydrogens (tertiary/aromatic N) is 4. The smallest absolute Gasteiger partial charge is 0.147 e. The van der Waals surface area contributed by atoms with Crippen molar-refractivity contribution in [2.24, 2.45) is 5.92 Å². The van der Waals surface area contributed by atoms with Crippen LogP contribution in [0.1, 0.15) is 12.8 Å². The van der Waals surface area contributed by atoms with Crippen molar-refractivity contribution in [3.05, 3.63) is 35.9 Å². The van der Waals surface area contributed by atoms with Gasteiger partial charge in [0.15, 0.2) is 0 Å². The largest absolute Gasteiger partial charge is 0.381 e. The molecule has 0 spiro atoms. The lowest BCUT2D eigenvalue weighted by Gasteiger charge is -2.27. The van der Waals surface area contributed by atoms with Crippen molar-refractivity contribution in [1.82, 2.24) is 15.0 Å². The zero-order valence-electron chi connectivity index (χ0n) is 12.6. The first kappa shape index (κ1) is 15.2. The number of pyridine rings is 1. The number of anilines is 1. The Bertz CT molecular complexity index is 631. The monoisotopic (exact) mass is 318 g/mol. The third-order valence-corrected chi connectivity index (χ3v) is 4.24. The summed E-state index contributed by atoms with van der Waals surface area (Å²) >= 11 is 6.19. The van der Waals surface area contributed by atoms with Gasteiger partial charge in [-0.15, -0.1) is 0 Å². The van der Waals surface area contributed by atoms with E-state index in [0.717, 1.165) is 49.7 Å². The third kappa shape index (κ3) is 3.54. The van der Waals surface area contributed by atoms with E-state index in [4.69, 9.17) is 16.3 Å². The first-order chi connectivity index (χ1) is 10.7. The van der Waals surface area contributed by atoms with E-state index in [1.165, 1.54) is 0 Å². The SMILES string of the molecule is CN(CC1CCOCC1)c1cncc(-c2ccncc2Cl)n1. The van der Waals surface area contributed by atoms with Crippen LogP contribution in [0.4, 0.5) is 5.82 Å². The molecule has 6 heteroatoms. The van der Waals surface area contributed by atoms with Gasteiger partial charge in [-0.05, 0) is 24.8 Å². The highest BCUT2D eigenvalue weighted by Gasteiger charge is 2.17. The molecular formula is C16H19ClN4O. The van der Waals surface area contributed by atoms with E-state index >= 15 is 0 Å². The predicted molar refractivity (Wildman–Crippen MR) is 87.1 cm³/mol. The fourth-order valence-corrected chi connectivity index (χ4v) is 2.88. The molecule has 0 unspecified atom stereocenters. The Labute approximate surface area is 135 Å². The normalized spacial score (nSPS) is 15.7. The average Bonchev–Trinajstić information content (AvgIpc) is 2.56. The summed E-state index contributed by atoms with van der Waals surface area (Å²) in [6.07, 6.45) is 9.06. The Hall–Kier alpha value is -1.72. The van der Waals surface area contributed by atoms with Crippen LogP contribution in [0.25, 0.3) is 11.3 Å².